The molecule has 3 nitrogen and oxygen atoms in total. The summed E-state index contributed by atoms with van der Waals surface area (Å²) in [7, 11) is 1.93. The van der Waals surface area contributed by atoms with E-state index >= 15 is 0 Å². The molecule has 23 heavy (non-hydrogen) atoms. The molecule has 0 saturated carbocycles. The summed E-state index contributed by atoms with van der Waals surface area (Å²) in [6.07, 6.45) is 1.85. The molecule has 0 atom stereocenters. The SMILES string of the molecule is CN(/N=C\c1ccc(N(CCCl)CCCl)cc1)c1ccccc1. The standard InChI is InChI=1S/C18H21Cl2N3/c1-22(17-5-3-2-4-6-17)21-15-16-7-9-18(10-8-16)23(13-11-19)14-12-20/h2-10,15H,11-14H2,1H3/b21-15-. The van der Waals surface area contributed by atoms with Crippen molar-refractivity contribution in [1.82, 2.24) is 0 Å². The Labute approximate surface area is 148 Å². The van der Waals surface area contributed by atoms with E-state index in [0.717, 1.165) is 30.0 Å². The van der Waals surface area contributed by atoms with Gasteiger partial charge in [0.05, 0.1) is 11.9 Å². The Morgan fingerprint density at radius 1 is 0.870 bits per heavy atom. The fourth-order valence-electron chi connectivity index (χ4n) is 2.21. The molecule has 0 heterocycles. The van der Waals surface area contributed by atoms with Crippen molar-refractivity contribution in [2.24, 2.45) is 5.10 Å². The van der Waals surface area contributed by atoms with Crippen LogP contribution in [0.2, 0.25) is 0 Å². The van der Waals surface area contributed by atoms with Gasteiger partial charge < -0.3 is 4.90 Å². The highest BCUT2D eigenvalue weighted by Crippen LogP contribution is 2.16. The van der Waals surface area contributed by atoms with Crippen LogP contribution < -0.4 is 9.91 Å². The predicted octanol–water partition coefficient (Wildman–Crippen LogP) is 4.44. The number of para-hydroxylation sites is 1. The second-order valence-electron chi connectivity index (χ2n) is 5.06. The third kappa shape index (κ3) is 5.45. The summed E-state index contributed by atoms with van der Waals surface area (Å²) >= 11 is 11.7. The molecule has 2 aromatic rings. The minimum absolute atomic E-state index is 0.585. The number of benzene rings is 2. The lowest BCUT2D eigenvalue weighted by Crippen LogP contribution is -2.27. The number of rotatable bonds is 8. The maximum absolute atomic E-state index is 5.84. The van der Waals surface area contributed by atoms with Crippen molar-refractivity contribution >= 4 is 40.8 Å². The van der Waals surface area contributed by atoms with Crippen LogP contribution in [-0.4, -0.2) is 38.1 Å². The molecule has 2 aromatic carbocycles. The summed E-state index contributed by atoms with van der Waals surface area (Å²) in [5.74, 6) is 1.17. The van der Waals surface area contributed by atoms with E-state index < -0.39 is 0 Å². The van der Waals surface area contributed by atoms with Gasteiger partial charge in [-0.1, -0.05) is 30.3 Å². The van der Waals surface area contributed by atoms with Gasteiger partial charge in [0.2, 0.25) is 0 Å². The van der Waals surface area contributed by atoms with Crippen molar-refractivity contribution in [3.8, 4) is 0 Å². The van der Waals surface area contributed by atoms with E-state index in [1.165, 1.54) is 0 Å². The normalized spacial score (nSPS) is 10.9. The van der Waals surface area contributed by atoms with E-state index in [2.05, 4.69) is 22.1 Å². The molecule has 0 aliphatic heterocycles. The average Bonchev–Trinajstić information content (AvgIpc) is 2.61. The first-order valence-corrected chi connectivity index (χ1v) is 8.61. The van der Waals surface area contributed by atoms with E-state index in [1.807, 2.05) is 60.7 Å². The summed E-state index contributed by atoms with van der Waals surface area (Å²) in [6, 6.07) is 18.3. The first-order chi connectivity index (χ1) is 11.2. The smallest absolute Gasteiger partial charge is 0.0590 e. The van der Waals surface area contributed by atoms with Crippen molar-refractivity contribution in [2.45, 2.75) is 0 Å². The van der Waals surface area contributed by atoms with E-state index in [9.17, 15) is 0 Å². The molecule has 122 valence electrons. The van der Waals surface area contributed by atoms with Crippen LogP contribution in [0.1, 0.15) is 5.56 Å². The fourth-order valence-corrected chi connectivity index (χ4v) is 2.62. The first kappa shape index (κ1) is 17.6. The molecule has 0 radical (unpaired) electrons. The highest BCUT2D eigenvalue weighted by atomic mass is 35.5. The summed E-state index contributed by atoms with van der Waals surface area (Å²) in [5, 5.41) is 6.31. The third-order valence-electron chi connectivity index (χ3n) is 3.48. The lowest BCUT2D eigenvalue weighted by molar-refractivity contribution is 0.874. The molecule has 0 aliphatic rings. The molecule has 0 unspecified atom stereocenters. The molecule has 0 saturated heterocycles. The van der Waals surface area contributed by atoms with Crippen molar-refractivity contribution in [3.63, 3.8) is 0 Å². The number of hydrogen-bond donors (Lipinski definition) is 0. The number of hydrogen-bond acceptors (Lipinski definition) is 3. The first-order valence-electron chi connectivity index (χ1n) is 7.54. The summed E-state index contributed by atoms with van der Waals surface area (Å²) in [6.45, 7) is 1.58. The molecule has 5 heteroatoms. The van der Waals surface area contributed by atoms with Gasteiger partial charge in [0.25, 0.3) is 0 Å². The van der Waals surface area contributed by atoms with Crippen molar-refractivity contribution in [2.75, 3.05) is 41.8 Å². The van der Waals surface area contributed by atoms with Crippen LogP contribution in [0, 0.1) is 0 Å². The van der Waals surface area contributed by atoms with Crippen LogP contribution >= 0.6 is 23.2 Å². The maximum atomic E-state index is 5.84. The largest absolute Gasteiger partial charge is 0.369 e. The topological polar surface area (TPSA) is 18.8 Å². The quantitative estimate of drug-likeness (QED) is 0.398. The van der Waals surface area contributed by atoms with E-state index in [4.69, 9.17) is 23.2 Å². The number of alkyl halides is 2. The van der Waals surface area contributed by atoms with Crippen molar-refractivity contribution in [1.29, 1.82) is 0 Å². The van der Waals surface area contributed by atoms with Gasteiger partial charge in [0, 0.05) is 37.6 Å². The third-order valence-corrected chi connectivity index (χ3v) is 3.82. The highest BCUT2D eigenvalue weighted by Gasteiger charge is 2.04. The van der Waals surface area contributed by atoms with Crippen LogP contribution in [0.15, 0.2) is 59.7 Å². The van der Waals surface area contributed by atoms with Crippen LogP contribution in [0.3, 0.4) is 0 Å². The second kappa shape index (κ2) is 9.43. The minimum atomic E-state index is 0.585. The van der Waals surface area contributed by atoms with Crippen LogP contribution in [0.5, 0.6) is 0 Å². The van der Waals surface area contributed by atoms with Crippen LogP contribution in [0.4, 0.5) is 11.4 Å². The Hall–Kier alpha value is -1.71. The van der Waals surface area contributed by atoms with E-state index in [0.29, 0.717) is 11.8 Å². The Morgan fingerprint density at radius 2 is 1.48 bits per heavy atom. The van der Waals surface area contributed by atoms with Gasteiger partial charge in [-0.25, -0.2) is 0 Å². The molecule has 0 spiro atoms. The van der Waals surface area contributed by atoms with E-state index in [1.54, 1.807) is 0 Å². The molecule has 0 bridgehead atoms. The second-order valence-corrected chi connectivity index (χ2v) is 5.82. The molecule has 2 rings (SSSR count). The van der Waals surface area contributed by atoms with Gasteiger partial charge in [-0.05, 0) is 29.8 Å². The molecular weight excluding hydrogens is 329 g/mol. The summed E-state index contributed by atoms with van der Waals surface area (Å²) in [4.78, 5) is 2.18. The minimum Gasteiger partial charge on any atom is -0.369 e. The van der Waals surface area contributed by atoms with Crippen LogP contribution in [0.25, 0.3) is 0 Å². The van der Waals surface area contributed by atoms with Gasteiger partial charge in [0.15, 0.2) is 0 Å². The zero-order valence-corrected chi connectivity index (χ0v) is 14.7. The van der Waals surface area contributed by atoms with Gasteiger partial charge >= 0.3 is 0 Å². The Morgan fingerprint density at radius 3 is 2.04 bits per heavy atom. The van der Waals surface area contributed by atoms with Crippen molar-refractivity contribution in [3.05, 3.63) is 60.2 Å². The van der Waals surface area contributed by atoms with Gasteiger partial charge in [0.1, 0.15) is 0 Å². The Bertz CT molecular complexity index is 593. The number of nitrogens with zero attached hydrogens (tertiary/aromatic N) is 3. The zero-order chi connectivity index (χ0) is 16.5. The van der Waals surface area contributed by atoms with Crippen LogP contribution in [-0.2, 0) is 0 Å². The van der Waals surface area contributed by atoms with E-state index in [-0.39, 0.29) is 0 Å². The Balaban J connectivity index is 2.03. The summed E-state index contributed by atoms with van der Waals surface area (Å²) < 4.78 is 0. The number of halogens is 2. The molecule has 0 amide bonds. The van der Waals surface area contributed by atoms with Gasteiger partial charge in [-0.3, -0.25) is 5.01 Å². The molecule has 0 fully saturated rings. The molecule has 0 aromatic heterocycles. The maximum Gasteiger partial charge on any atom is 0.0590 e. The van der Waals surface area contributed by atoms with Crippen molar-refractivity contribution < 1.29 is 0 Å². The monoisotopic (exact) mass is 349 g/mol. The molecular formula is C18H21Cl2N3. The lowest BCUT2D eigenvalue weighted by Gasteiger charge is -2.22. The lowest BCUT2D eigenvalue weighted by atomic mass is 10.2. The number of hydrazone groups is 1. The molecule has 0 N–H and O–H groups in total. The zero-order valence-electron chi connectivity index (χ0n) is 13.2. The highest BCUT2D eigenvalue weighted by molar-refractivity contribution is 6.18. The fraction of sp³-hybridized carbons (Fsp3) is 0.278. The number of anilines is 2. The predicted molar refractivity (Wildman–Crippen MR) is 103 cm³/mol. The van der Waals surface area contributed by atoms with Gasteiger partial charge in [-0.2, -0.15) is 5.10 Å². The average molecular weight is 350 g/mol. The molecule has 0 aliphatic carbocycles. The van der Waals surface area contributed by atoms with Gasteiger partial charge in [-0.15, -0.1) is 23.2 Å². The summed E-state index contributed by atoms with van der Waals surface area (Å²) in [5.41, 5.74) is 3.23. The Kier molecular flexibility index (Phi) is 7.24.